The SMILES string of the molecule is COCC(NC(=O)NC1CC(C)C1)C(=O)O. The van der Waals surface area contributed by atoms with Crippen LogP contribution >= 0.6 is 0 Å². The molecule has 1 atom stereocenters. The number of methoxy groups -OCH3 is 1. The first-order valence-corrected chi connectivity index (χ1v) is 5.31. The Kier molecular flexibility index (Phi) is 4.54. The summed E-state index contributed by atoms with van der Waals surface area (Å²) in [5.41, 5.74) is 0. The highest BCUT2D eigenvalue weighted by atomic mass is 16.5. The van der Waals surface area contributed by atoms with Gasteiger partial charge in [-0.15, -0.1) is 0 Å². The second kappa shape index (κ2) is 5.69. The van der Waals surface area contributed by atoms with Gasteiger partial charge in [-0.25, -0.2) is 9.59 Å². The number of hydrogen-bond donors (Lipinski definition) is 3. The molecule has 0 heterocycles. The van der Waals surface area contributed by atoms with E-state index < -0.39 is 18.0 Å². The maximum atomic E-state index is 11.4. The van der Waals surface area contributed by atoms with Crippen LogP contribution in [0.2, 0.25) is 0 Å². The van der Waals surface area contributed by atoms with Crippen LogP contribution in [0.3, 0.4) is 0 Å². The summed E-state index contributed by atoms with van der Waals surface area (Å²) in [6.45, 7) is 2.07. The number of nitrogens with one attached hydrogen (secondary N) is 2. The molecule has 1 fully saturated rings. The number of carbonyl (C=O) groups excluding carboxylic acids is 1. The molecule has 1 unspecified atom stereocenters. The van der Waals surface area contributed by atoms with Crippen LogP contribution in [0, 0.1) is 5.92 Å². The van der Waals surface area contributed by atoms with E-state index in [0.717, 1.165) is 12.8 Å². The number of carboxylic acids is 1. The van der Waals surface area contributed by atoms with Gasteiger partial charge in [-0.2, -0.15) is 0 Å². The van der Waals surface area contributed by atoms with Crippen molar-refractivity contribution in [3.63, 3.8) is 0 Å². The van der Waals surface area contributed by atoms with E-state index in [4.69, 9.17) is 9.84 Å². The fourth-order valence-corrected chi connectivity index (χ4v) is 1.75. The number of ether oxygens (including phenoxy) is 1. The smallest absolute Gasteiger partial charge is 0.328 e. The summed E-state index contributed by atoms with van der Waals surface area (Å²) in [5, 5.41) is 13.9. The van der Waals surface area contributed by atoms with Gasteiger partial charge >= 0.3 is 12.0 Å². The first-order valence-electron chi connectivity index (χ1n) is 5.31. The summed E-state index contributed by atoms with van der Waals surface area (Å²) in [6.07, 6.45) is 1.91. The van der Waals surface area contributed by atoms with Gasteiger partial charge in [-0.05, 0) is 18.8 Å². The second-order valence-corrected chi connectivity index (χ2v) is 4.24. The summed E-state index contributed by atoms with van der Waals surface area (Å²) in [5.74, 6) is -0.460. The number of urea groups is 1. The van der Waals surface area contributed by atoms with Crippen molar-refractivity contribution in [2.75, 3.05) is 13.7 Å². The Morgan fingerprint density at radius 3 is 2.56 bits per heavy atom. The van der Waals surface area contributed by atoms with Crippen molar-refractivity contribution in [1.29, 1.82) is 0 Å². The summed E-state index contributed by atoms with van der Waals surface area (Å²) in [6, 6.07) is -1.27. The fourth-order valence-electron chi connectivity index (χ4n) is 1.75. The lowest BCUT2D eigenvalue weighted by Gasteiger charge is -2.33. The number of amides is 2. The Balaban J connectivity index is 2.28. The average molecular weight is 230 g/mol. The highest BCUT2D eigenvalue weighted by Crippen LogP contribution is 2.25. The minimum absolute atomic E-state index is 0.0379. The average Bonchev–Trinajstić information content (AvgIpc) is 2.14. The van der Waals surface area contributed by atoms with Crippen molar-refractivity contribution in [2.24, 2.45) is 5.92 Å². The van der Waals surface area contributed by atoms with Gasteiger partial charge in [0.25, 0.3) is 0 Å². The second-order valence-electron chi connectivity index (χ2n) is 4.24. The predicted octanol–water partition coefficient (Wildman–Crippen LogP) is 0.184. The molecule has 1 aliphatic carbocycles. The molecule has 3 N–H and O–H groups in total. The molecule has 0 saturated heterocycles. The van der Waals surface area contributed by atoms with Crippen molar-refractivity contribution in [1.82, 2.24) is 10.6 Å². The van der Waals surface area contributed by atoms with Crippen molar-refractivity contribution in [2.45, 2.75) is 31.8 Å². The molecule has 1 aliphatic rings. The summed E-state index contributed by atoms with van der Waals surface area (Å²) in [4.78, 5) is 22.1. The van der Waals surface area contributed by atoms with Gasteiger partial charge in [0.15, 0.2) is 6.04 Å². The lowest BCUT2D eigenvalue weighted by Crippen LogP contribution is -2.53. The van der Waals surface area contributed by atoms with E-state index in [9.17, 15) is 9.59 Å². The lowest BCUT2D eigenvalue weighted by molar-refractivity contribution is -0.140. The highest BCUT2D eigenvalue weighted by molar-refractivity contribution is 5.82. The molecule has 1 saturated carbocycles. The molecule has 6 heteroatoms. The van der Waals surface area contributed by atoms with Gasteiger partial charge in [-0.1, -0.05) is 6.92 Å². The molecule has 1 rings (SSSR count). The van der Waals surface area contributed by atoms with Crippen LogP contribution in [0.4, 0.5) is 4.79 Å². The topological polar surface area (TPSA) is 87.7 Å². The van der Waals surface area contributed by atoms with Crippen molar-refractivity contribution < 1.29 is 19.4 Å². The zero-order valence-electron chi connectivity index (χ0n) is 9.53. The molecule has 6 nitrogen and oxygen atoms in total. The molecule has 0 aliphatic heterocycles. The minimum atomic E-state index is -1.10. The Bertz CT molecular complexity index is 264. The van der Waals surface area contributed by atoms with Crippen LogP contribution in [0.25, 0.3) is 0 Å². The predicted molar refractivity (Wildman–Crippen MR) is 57.2 cm³/mol. The Hall–Kier alpha value is -1.30. The third-order valence-electron chi connectivity index (χ3n) is 2.65. The van der Waals surface area contributed by atoms with Gasteiger partial charge in [0.05, 0.1) is 6.61 Å². The van der Waals surface area contributed by atoms with Gasteiger partial charge in [0, 0.05) is 13.2 Å². The quantitative estimate of drug-likeness (QED) is 0.629. The maximum absolute atomic E-state index is 11.4. The number of carboxylic acid groups (broad SMARTS) is 1. The van der Waals surface area contributed by atoms with Gasteiger partial charge < -0.3 is 20.5 Å². The lowest BCUT2D eigenvalue weighted by atomic mass is 9.82. The summed E-state index contributed by atoms with van der Waals surface area (Å²) < 4.78 is 4.71. The number of carbonyl (C=O) groups is 2. The molecule has 92 valence electrons. The van der Waals surface area contributed by atoms with Crippen LogP contribution in [-0.2, 0) is 9.53 Å². The normalized spacial score (nSPS) is 25.4. The molecule has 0 radical (unpaired) electrons. The first kappa shape index (κ1) is 12.8. The Morgan fingerprint density at radius 2 is 2.12 bits per heavy atom. The fraction of sp³-hybridized carbons (Fsp3) is 0.800. The van der Waals surface area contributed by atoms with Gasteiger partial charge in [0.1, 0.15) is 0 Å². The highest BCUT2D eigenvalue weighted by Gasteiger charge is 2.28. The Labute approximate surface area is 94.3 Å². The molecule has 16 heavy (non-hydrogen) atoms. The zero-order valence-corrected chi connectivity index (χ0v) is 9.53. The van der Waals surface area contributed by atoms with E-state index in [1.54, 1.807) is 0 Å². The Morgan fingerprint density at radius 1 is 1.50 bits per heavy atom. The van der Waals surface area contributed by atoms with E-state index in [2.05, 4.69) is 17.6 Å². The van der Waals surface area contributed by atoms with Crippen molar-refractivity contribution in [3.05, 3.63) is 0 Å². The molecule has 0 aromatic heterocycles. The van der Waals surface area contributed by atoms with Crippen LogP contribution in [0.1, 0.15) is 19.8 Å². The molecular formula is C10H18N2O4. The van der Waals surface area contributed by atoms with Crippen molar-refractivity contribution in [3.8, 4) is 0 Å². The number of aliphatic carboxylic acids is 1. The standard InChI is InChI=1S/C10H18N2O4/c1-6-3-7(4-6)11-10(15)12-8(5-16-2)9(13)14/h6-8H,3-5H2,1-2H3,(H,13,14)(H2,11,12,15). The summed E-state index contributed by atoms with van der Waals surface area (Å²) >= 11 is 0. The van der Waals surface area contributed by atoms with Crippen LogP contribution < -0.4 is 10.6 Å². The van der Waals surface area contributed by atoms with Crippen LogP contribution in [0.15, 0.2) is 0 Å². The number of hydrogen-bond acceptors (Lipinski definition) is 3. The van der Waals surface area contributed by atoms with Gasteiger partial charge in [0.2, 0.25) is 0 Å². The molecular weight excluding hydrogens is 212 g/mol. The van der Waals surface area contributed by atoms with Crippen LogP contribution in [0.5, 0.6) is 0 Å². The van der Waals surface area contributed by atoms with E-state index >= 15 is 0 Å². The maximum Gasteiger partial charge on any atom is 0.328 e. The van der Waals surface area contributed by atoms with E-state index in [1.165, 1.54) is 7.11 Å². The minimum Gasteiger partial charge on any atom is -0.480 e. The largest absolute Gasteiger partial charge is 0.480 e. The molecule has 0 aromatic carbocycles. The number of rotatable bonds is 5. The monoisotopic (exact) mass is 230 g/mol. The third kappa shape index (κ3) is 3.69. The molecule has 0 spiro atoms. The van der Waals surface area contributed by atoms with E-state index in [1.807, 2.05) is 0 Å². The molecule has 0 aromatic rings. The van der Waals surface area contributed by atoms with E-state index in [0.29, 0.717) is 5.92 Å². The van der Waals surface area contributed by atoms with Gasteiger partial charge in [-0.3, -0.25) is 0 Å². The van der Waals surface area contributed by atoms with E-state index in [-0.39, 0.29) is 12.6 Å². The zero-order chi connectivity index (χ0) is 12.1. The van der Waals surface area contributed by atoms with Crippen molar-refractivity contribution >= 4 is 12.0 Å². The molecule has 2 amide bonds. The van der Waals surface area contributed by atoms with Crippen LogP contribution in [-0.4, -0.2) is 42.9 Å². The molecule has 0 bridgehead atoms. The third-order valence-corrected chi connectivity index (χ3v) is 2.65. The summed E-state index contributed by atoms with van der Waals surface area (Å²) in [7, 11) is 1.39. The first-order chi connectivity index (χ1) is 7.52.